The first-order valence-corrected chi connectivity index (χ1v) is 32.8. The highest BCUT2D eigenvalue weighted by Crippen LogP contribution is 2.43. The van der Waals surface area contributed by atoms with E-state index >= 15 is 0 Å². The predicted molar refractivity (Wildman–Crippen MR) is 332 cm³/mol. The molecule has 9 heteroatoms. The zero-order chi connectivity index (χ0) is 55.6. The summed E-state index contributed by atoms with van der Waals surface area (Å²) < 4.78 is 23.7. The fourth-order valence-electron chi connectivity index (χ4n) is 8.65. The summed E-state index contributed by atoms with van der Waals surface area (Å²) in [5.41, 5.74) is 0. The molecule has 3 atom stereocenters. The molecule has 76 heavy (non-hydrogen) atoms. The van der Waals surface area contributed by atoms with E-state index in [9.17, 15) is 19.4 Å². The van der Waals surface area contributed by atoms with Gasteiger partial charge in [0.15, 0.2) is 0 Å². The molecule has 0 radical (unpaired) electrons. The highest BCUT2D eigenvalue weighted by atomic mass is 31.2. The van der Waals surface area contributed by atoms with Crippen LogP contribution >= 0.6 is 7.82 Å². The van der Waals surface area contributed by atoms with Gasteiger partial charge in [-0.2, -0.15) is 0 Å². The minimum absolute atomic E-state index is 0.0589. The van der Waals surface area contributed by atoms with Crippen LogP contribution < -0.4 is 5.32 Å². The molecule has 0 bridgehead atoms. The number of hydrogen-bond donors (Lipinski definition) is 3. The Labute approximate surface area is 470 Å². The monoisotopic (exact) mass is 1080 g/mol. The molecule has 0 heterocycles. The summed E-state index contributed by atoms with van der Waals surface area (Å²) >= 11 is 0. The van der Waals surface area contributed by atoms with Crippen molar-refractivity contribution in [1.29, 1.82) is 0 Å². The Morgan fingerprint density at radius 1 is 0.461 bits per heavy atom. The van der Waals surface area contributed by atoms with Gasteiger partial charge in [-0.05, 0) is 83.5 Å². The maximum absolute atomic E-state index is 13.0. The number of hydrogen-bond acceptors (Lipinski definition) is 5. The third-order valence-corrected chi connectivity index (χ3v) is 14.5. The maximum atomic E-state index is 13.0. The Morgan fingerprint density at radius 2 is 0.789 bits per heavy atom. The van der Waals surface area contributed by atoms with Crippen LogP contribution in [-0.2, 0) is 18.4 Å². The number of amides is 1. The molecule has 0 aliphatic carbocycles. The van der Waals surface area contributed by atoms with Crippen LogP contribution in [0.3, 0.4) is 0 Å². The Kier molecular flexibility index (Phi) is 54.7. The van der Waals surface area contributed by atoms with Gasteiger partial charge in [-0.1, -0.05) is 277 Å². The summed E-state index contributed by atoms with van der Waals surface area (Å²) in [6.45, 7) is 4.70. The number of aliphatic hydroxyl groups excluding tert-OH is 1. The molecular formula is C67H120N2O6P+. The third-order valence-electron chi connectivity index (χ3n) is 13.5. The zero-order valence-electron chi connectivity index (χ0n) is 50.0. The Hall–Kier alpha value is -2.84. The molecule has 3 unspecified atom stereocenters. The number of unbranched alkanes of at least 4 members (excludes halogenated alkanes) is 27. The van der Waals surface area contributed by atoms with Crippen molar-refractivity contribution in [3.05, 3.63) is 109 Å². The number of carbonyl (C=O) groups excluding carboxylic acids is 1. The topological polar surface area (TPSA) is 105 Å². The molecule has 0 aromatic heterocycles. The van der Waals surface area contributed by atoms with Gasteiger partial charge < -0.3 is 19.8 Å². The molecule has 438 valence electrons. The van der Waals surface area contributed by atoms with Gasteiger partial charge in [-0.25, -0.2) is 4.57 Å². The predicted octanol–water partition coefficient (Wildman–Crippen LogP) is 19.5. The van der Waals surface area contributed by atoms with Crippen molar-refractivity contribution in [3.8, 4) is 0 Å². The van der Waals surface area contributed by atoms with Crippen molar-refractivity contribution >= 4 is 13.7 Å². The van der Waals surface area contributed by atoms with Crippen LogP contribution in [0.1, 0.15) is 258 Å². The molecule has 0 aliphatic rings. The van der Waals surface area contributed by atoms with Gasteiger partial charge in [0, 0.05) is 6.42 Å². The molecule has 0 aliphatic heterocycles. The molecule has 0 saturated heterocycles. The molecule has 0 fully saturated rings. The average molecular weight is 1080 g/mol. The average Bonchev–Trinajstić information content (AvgIpc) is 3.38. The lowest BCUT2D eigenvalue weighted by Crippen LogP contribution is -2.45. The van der Waals surface area contributed by atoms with E-state index in [0.29, 0.717) is 17.4 Å². The SMILES string of the molecule is CC/C=C\C/C=C\C/C=C\C/C=C\C/C=C\C/C=C\C/C=C\C/C=C\CCCCCCCCCCCCCCCCCCC(=O)NC(COP(=O)(O)OCC[N+](C)(C)C)C(O)/C=C/CCCCCCCCCCCCC. The van der Waals surface area contributed by atoms with Gasteiger partial charge in [0.2, 0.25) is 5.91 Å². The number of aliphatic hydroxyl groups is 1. The fourth-order valence-corrected chi connectivity index (χ4v) is 9.38. The van der Waals surface area contributed by atoms with E-state index in [-0.39, 0.29) is 19.1 Å². The first-order chi connectivity index (χ1) is 37.0. The number of carbonyl (C=O) groups is 1. The Balaban J connectivity index is 3.98. The summed E-state index contributed by atoms with van der Waals surface area (Å²) in [6, 6.07) is -0.850. The van der Waals surface area contributed by atoms with Crippen LogP contribution in [0.2, 0.25) is 0 Å². The third kappa shape index (κ3) is 58.8. The van der Waals surface area contributed by atoms with Crippen molar-refractivity contribution in [3.63, 3.8) is 0 Å². The van der Waals surface area contributed by atoms with E-state index in [1.54, 1.807) is 6.08 Å². The molecular weight excluding hydrogens is 960 g/mol. The summed E-state index contributed by atoms with van der Waals surface area (Å²) in [5.74, 6) is -0.179. The van der Waals surface area contributed by atoms with Crippen molar-refractivity contribution in [2.24, 2.45) is 0 Å². The fraction of sp³-hybridized carbons (Fsp3) is 0.716. The second-order valence-corrected chi connectivity index (χ2v) is 23.5. The van der Waals surface area contributed by atoms with E-state index < -0.39 is 20.0 Å². The van der Waals surface area contributed by atoms with Crippen LogP contribution in [0.4, 0.5) is 0 Å². The first kappa shape index (κ1) is 73.2. The van der Waals surface area contributed by atoms with E-state index in [2.05, 4.69) is 116 Å². The van der Waals surface area contributed by atoms with Crippen LogP contribution in [0.25, 0.3) is 0 Å². The number of phosphoric ester groups is 1. The molecule has 0 saturated carbocycles. The van der Waals surface area contributed by atoms with Crippen LogP contribution in [-0.4, -0.2) is 73.4 Å². The molecule has 3 N–H and O–H groups in total. The highest BCUT2D eigenvalue weighted by Gasteiger charge is 2.27. The van der Waals surface area contributed by atoms with Crippen molar-refractivity contribution in [2.45, 2.75) is 270 Å². The maximum Gasteiger partial charge on any atom is 0.472 e. The van der Waals surface area contributed by atoms with Crippen molar-refractivity contribution in [1.82, 2.24) is 5.32 Å². The number of nitrogens with zero attached hydrogens (tertiary/aromatic N) is 1. The molecule has 0 aromatic carbocycles. The first-order valence-electron chi connectivity index (χ1n) is 31.3. The van der Waals surface area contributed by atoms with E-state index in [1.165, 1.54) is 148 Å². The second kappa shape index (κ2) is 56.9. The number of quaternary nitrogens is 1. The summed E-state index contributed by atoms with van der Waals surface area (Å²) in [7, 11) is 1.57. The van der Waals surface area contributed by atoms with Crippen LogP contribution in [0.5, 0.6) is 0 Å². The molecule has 0 rings (SSSR count). The lowest BCUT2D eigenvalue weighted by atomic mass is 10.0. The van der Waals surface area contributed by atoms with Gasteiger partial charge in [0.05, 0.1) is 39.9 Å². The van der Waals surface area contributed by atoms with Gasteiger partial charge >= 0.3 is 7.82 Å². The molecule has 0 aromatic rings. The molecule has 0 spiro atoms. The minimum atomic E-state index is -4.35. The van der Waals surface area contributed by atoms with Crippen molar-refractivity contribution < 1.29 is 32.9 Å². The summed E-state index contributed by atoms with van der Waals surface area (Å²) in [6.07, 6.45) is 83.5. The van der Waals surface area contributed by atoms with E-state index in [4.69, 9.17) is 9.05 Å². The lowest BCUT2D eigenvalue weighted by Gasteiger charge is -2.25. The van der Waals surface area contributed by atoms with Gasteiger partial charge in [0.25, 0.3) is 0 Å². The molecule has 8 nitrogen and oxygen atoms in total. The standard InChI is InChI=1S/C67H119N2O6P/c1-6-8-10-12-14-16-18-20-21-22-23-24-25-26-27-28-29-30-31-32-33-34-35-36-37-38-39-40-41-42-43-44-45-46-47-49-51-53-55-57-59-61-67(71)68-65(64-75-76(72,73)74-63-62-69(3,4)5)66(70)60-58-56-54-52-50-48-19-17-15-13-11-9-7-2/h8,10,14,16,20-21,23-24,26-27,29-30,32-33,35-36,58,60,65-66,70H,6-7,9,11-13,15,17-19,22,25,28,31,34,37-57,59,61-64H2,1-5H3,(H-,68,71,72,73)/p+1/b10-8-,16-14-,21-20-,24-23-,27-26-,30-29-,33-32-,36-35-,60-58+. The molecule has 1 amide bonds. The largest absolute Gasteiger partial charge is 0.472 e. The second-order valence-electron chi connectivity index (χ2n) is 22.1. The highest BCUT2D eigenvalue weighted by molar-refractivity contribution is 7.47. The number of phosphoric acid groups is 1. The minimum Gasteiger partial charge on any atom is -0.387 e. The Morgan fingerprint density at radius 3 is 1.16 bits per heavy atom. The van der Waals surface area contributed by atoms with Crippen LogP contribution in [0, 0.1) is 0 Å². The van der Waals surface area contributed by atoms with Crippen LogP contribution in [0.15, 0.2) is 109 Å². The number of allylic oxidation sites excluding steroid dienone is 17. The van der Waals surface area contributed by atoms with E-state index in [1.807, 2.05) is 27.2 Å². The van der Waals surface area contributed by atoms with Gasteiger partial charge in [-0.3, -0.25) is 13.8 Å². The number of rotatable bonds is 56. The van der Waals surface area contributed by atoms with Gasteiger partial charge in [-0.15, -0.1) is 0 Å². The number of nitrogens with one attached hydrogen (secondary N) is 1. The summed E-state index contributed by atoms with van der Waals surface area (Å²) in [4.78, 5) is 23.3. The van der Waals surface area contributed by atoms with Crippen molar-refractivity contribution in [2.75, 3.05) is 40.9 Å². The summed E-state index contributed by atoms with van der Waals surface area (Å²) in [5, 5.41) is 13.9. The smallest absolute Gasteiger partial charge is 0.387 e. The van der Waals surface area contributed by atoms with E-state index in [0.717, 1.165) is 89.9 Å². The van der Waals surface area contributed by atoms with Gasteiger partial charge in [0.1, 0.15) is 13.2 Å². The number of likely N-dealkylation sites (N-methyl/N-ethyl adjacent to an activating group) is 1. The quantitative estimate of drug-likeness (QED) is 0.0243. The lowest BCUT2D eigenvalue weighted by molar-refractivity contribution is -0.870. The zero-order valence-corrected chi connectivity index (χ0v) is 50.9. The normalized spacial score (nSPS) is 14.6. The Bertz CT molecular complexity index is 1600.